The predicted molar refractivity (Wildman–Crippen MR) is 117 cm³/mol. The number of carbonyl (C=O) groups is 2. The molecule has 144 valence electrons. The minimum Gasteiger partial charge on any atom is -0.325 e. The van der Waals surface area contributed by atoms with Crippen LogP contribution in [0.3, 0.4) is 0 Å². The molecule has 0 aliphatic heterocycles. The second kappa shape index (κ2) is 11.0. The largest absolute Gasteiger partial charge is 0.325 e. The Kier molecular flexibility index (Phi) is 9.06. The van der Waals surface area contributed by atoms with E-state index in [0.717, 1.165) is 0 Å². The molecule has 0 saturated heterocycles. The molecule has 9 heteroatoms. The summed E-state index contributed by atoms with van der Waals surface area (Å²) in [5.41, 5.74) is 0.967. The number of thioether (sulfide) groups is 1. The smallest absolute Gasteiger partial charge is 0.225 e. The number of hydrogen-bond acceptors (Lipinski definition) is 3. The van der Waals surface area contributed by atoms with Gasteiger partial charge in [0.1, 0.15) is 0 Å². The molecule has 0 bridgehead atoms. The van der Waals surface area contributed by atoms with Crippen LogP contribution in [0.5, 0.6) is 0 Å². The Labute approximate surface area is 181 Å². The molecule has 27 heavy (non-hydrogen) atoms. The first-order valence-electron chi connectivity index (χ1n) is 7.92. The summed E-state index contributed by atoms with van der Waals surface area (Å²) in [7, 11) is 0. The Morgan fingerprint density at radius 2 is 1.15 bits per heavy atom. The molecule has 0 aromatic heterocycles. The van der Waals surface area contributed by atoms with Crippen LogP contribution < -0.4 is 10.6 Å². The Balaban J connectivity index is 1.66. The maximum atomic E-state index is 12.0. The molecule has 4 nitrogen and oxygen atoms in total. The lowest BCUT2D eigenvalue weighted by Crippen LogP contribution is -2.14. The van der Waals surface area contributed by atoms with Gasteiger partial charge in [-0.3, -0.25) is 9.59 Å². The molecule has 2 amide bonds. The van der Waals surface area contributed by atoms with Gasteiger partial charge in [-0.25, -0.2) is 0 Å². The van der Waals surface area contributed by atoms with E-state index in [1.54, 1.807) is 36.4 Å². The van der Waals surface area contributed by atoms with Gasteiger partial charge in [-0.1, -0.05) is 46.4 Å². The second-order valence-corrected chi connectivity index (χ2v) is 8.37. The van der Waals surface area contributed by atoms with Gasteiger partial charge in [0, 0.05) is 34.4 Å². The summed E-state index contributed by atoms with van der Waals surface area (Å²) in [5.74, 6) is 0.827. The number of rotatable bonds is 8. The van der Waals surface area contributed by atoms with E-state index in [9.17, 15) is 9.59 Å². The first kappa shape index (κ1) is 22.2. The zero-order chi connectivity index (χ0) is 19.8. The monoisotopic (exact) mass is 464 g/mol. The summed E-state index contributed by atoms with van der Waals surface area (Å²) in [6, 6.07) is 9.74. The Bertz CT molecular complexity index is 766. The van der Waals surface area contributed by atoms with Gasteiger partial charge >= 0.3 is 0 Å². The maximum Gasteiger partial charge on any atom is 0.225 e. The second-order valence-electron chi connectivity index (χ2n) is 5.46. The number of hydrogen-bond donors (Lipinski definition) is 2. The molecule has 0 aliphatic carbocycles. The first-order chi connectivity index (χ1) is 12.8. The van der Waals surface area contributed by atoms with E-state index in [0.29, 0.717) is 55.8 Å². The van der Waals surface area contributed by atoms with E-state index in [4.69, 9.17) is 46.4 Å². The summed E-state index contributed by atoms with van der Waals surface area (Å²) in [4.78, 5) is 23.9. The lowest BCUT2D eigenvalue weighted by atomic mass is 10.3. The molecule has 0 atom stereocenters. The topological polar surface area (TPSA) is 58.2 Å². The van der Waals surface area contributed by atoms with Gasteiger partial charge in [-0.15, -0.1) is 0 Å². The van der Waals surface area contributed by atoms with Crippen LogP contribution >= 0.6 is 58.2 Å². The lowest BCUT2D eigenvalue weighted by molar-refractivity contribution is -0.116. The number of benzene rings is 2. The molecule has 0 heterocycles. The minimum absolute atomic E-state index is 0.165. The van der Waals surface area contributed by atoms with Crippen LogP contribution in [0.25, 0.3) is 0 Å². The Morgan fingerprint density at radius 1 is 0.741 bits per heavy atom. The predicted octanol–water partition coefficient (Wildman–Crippen LogP) is 6.39. The van der Waals surface area contributed by atoms with Gasteiger partial charge in [0.25, 0.3) is 0 Å². The van der Waals surface area contributed by atoms with Crippen LogP contribution in [0.2, 0.25) is 20.1 Å². The molecule has 2 aromatic carbocycles. The van der Waals surface area contributed by atoms with E-state index in [-0.39, 0.29) is 11.8 Å². The number of amides is 2. The van der Waals surface area contributed by atoms with Crippen LogP contribution in [0.1, 0.15) is 12.8 Å². The molecule has 2 aromatic rings. The van der Waals surface area contributed by atoms with Crippen molar-refractivity contribution in [3.05, 3.63) is 56.5 Å². The molecule has 0 spiro atoms. The third-order valence-electron chi connectivity index (χ3n) is 3.35. The normalized spacial score (nSPS) is 10.5. The molecular formula is C18H16Cl4N2O2S. The Morgan fingerprint density at radius 3 is 1.56 bits per heavy atom. The third kappa shape index (κ3) is 7.80. The van der Waals surface area contributed by atoms with Gasteiger partial charge in [0.15, 0.2) is 0 Å². The van der Waals surface area contributed by atoms with Crippen LogP contribution in [-0.2, 0) is 9.59 Å². The fourth-order valence-electron chi connectivity index (χ4n) is 2.04. The van der Waals surface area contributed by atoms with E-state index >= 15 is 0 Å². The maximum absolute atomic E-state index is 12.0. The highest BCUT2D eigenvalue weighted by Gasteiger charge is 2.09. The van der Waals surface area contributed by atoms with Crippen molar-refractivity contribution >= 4 is 81.4 Å². The van der Waals surface area contributed by atoms with Crippen LogP contribution in [-0.4, -0.2) is 23.3 Å². The highest BCUT2D eigenvalue weighted by Crippen LogP contribution is 2.26. The quantitative estimate of drug-likeness (QED) is 0.444. The van der Waals surface area contributed by atoms with Crippen molar-refractivity contribution in [2.24, 2.45) is 0 Å². The summed E-state index contributed by atoms with van der Waals surface area (Å²) in [5, 5.41) is 7.29. The summed E-state index contributed by atoms with van der Waals surface area (Å²) in [6.45, 7) is 0. The summed E-state index contributed by atoms with van der Waals surface area (Å²) >= 11 is 25.3. The molecule has 0 saturated carbocycles. The zero-order valence-corrected chi connectivity index (χ0v) is 17.9. The average molecular weight is 466 g/mol. The molecular weight excluding hydrogens is 450 g/mol. The van der Waals surface area contributed by atoms with Gasteiger partial charge < -0.3 is 10.6 Å². The van der Waals surface area contributed by atoms with Gasteiger partial charge in [-0.2, -0.15) is 11.8 Å². The zero-order valence-electron chi connectivity index (χ0n) is 14.0. The Hall–Kier alpha value is -1.11. The highest BCUT2D eigenvalue weighted by molar-refractivity contribution is 7.99. The van der Waals surface area contributed by atoms with Crippen LogP contribution in [0.4, 0.5) is 11.4 Å². The number of carbonyl (C=O) groups excluding carboxylic acids is 2. The highest BCUT2D eigenvalue weighted by atomic mass is 35.5. The van der Waals surface area contributed by atoms with Gasteiger partial charge in [0.2, 0.25) is 11.8 Å². The van der Waals surface area contributed by atoms with Crippen LogP contribution in [0, 0.1) is 0 Å². The van der Waals surface area contributed by atoms with Crippen molar-refractivity contribution in [3.8, 4) is 0 Å². The molecule has 2 rings (SSSR count). The van der Waals surface area contributed by atoms with Crippen molar-refractivity contribution in [1.82, 2.24) is 0 Å². The first-order valence-corrected chi connectivity index (χ1v) is 10.6. The van der Waals surface area contributed by atoms with E-state index in [2.05, 4.69) is 10.6 Å². The van der Waals surface area contributed by atoms with Crippen molar-refractivity contribution in [2.75, 3.05) is 22.1 Å². The van der Waals surface area contributed by atoms with Crippen LogP contribution in [0.15, 0.2) is 36.4 Å². The fraction of sp³-hybridized carbons (Fsp3) is 0.222. The lowest BCUT2D eigenvalue weighted by Gasteiger charge is -2.08. The number of anilines is 2. The van der Waals surface area contributed by atoms with Crippen molar-refractivity contribution < 1.29 is 9.59 Å². The third-order valence-corrected chi connectivity index (χ3v) is 5.47. The average Bonchev–Trinajstić information content (AvgIpc) is 2.61. The van der Waals surface area contributed by atoms with E-state index < -0.39 is 0 Å². The summed E-state index contributed by atoms with van der Waals surface area (Å²) in [6.07, 6.45) is 0.602. The van der Waals surface area contributed by atoms with Gasteiger partial charge in [0.05, 0.1) is 21.4 Å². The molecule has 0 unspecified atom stereocenters. The van der Waals surface area contributed by atoms with E-state index in [1.165, 1.54) is 11.8 Å². The van der Waals surface area contributed by atoms with Gasteiger partial charge in [-0.05, 0) is 36.4 Å². The summed E-state index contributed by atoms with van der Waals surface area (Å²) < 4.78 is 0. The molecule has 0 radical (unpaired) electrons. The van der Waals surface area contributed by atoms with Crippen molar-refractivity contribution in [1.29, 1.82) is 0 Å². The molecule has 2 N–H and O–H groups in total. The molecule has 0 fully saturated rings. The van der Waals surface area contributed by atoms with E-state index in [1.807, 2.05) is 0 Å². The standard InChI is InChI=1S/C18H16Cl4N2O2S/c19-11-1-3-13(21)15(9-11)23-17(25)5-7-27-8-6-18(26)24-16-10-12(20)2-4-14(16)22/h1-4,9-10H,5-8H2,(H,23,25)(H,24,26). The fourth-order valence-corrected chi connectivity index (χ4v) is 3.58. The van der Waals surface area contributed by atoms with Crippen molar-refractivity contribution in [3.63, 3.8) is 0 Å². The van der Waals surface area contributed by atoms with Crippen molar-refractivity contribution in [2.45, 2.75) is 12.8 Å². The number of nitrogens with one attached hydrogen (secondary N) is 2. The number of halogens is 4. The SMILES string of the molecule is O=C(CCSCCC(=O)Nc1cc(Cl)ccc1Cl)Nc1cc(Cl)ccc1Cl. The minimum atomic E-state index is -0.165. The molecule has 0 aliphatic rings.